The quantitative estimate of drug-likeness (QED) is 0.281. The van der Waals surface area contributed by atoms with E-state index in [2.05, 4.69) is 23.0 Å². The Kier molecular flexibility index (Phi) is 9.62. The van der Waals surface area contributed by atoms with E-state index in [1.807, 2.05) is 34.9 Å². The molecule has 2 aromatic rings. The highest BCUT2D eigenvalue weighted by molar-refractivity contribution is 6.15. The first-order valence-corrected chi connectivity index (χ1v) is 15.0. The Morgan fingerprint density at radius 3 is 2.44 bits per heavy atom. The third-order valence-corrected chi connectivity index (χ3v) is 8.34. The van der Waals surface area contributed by atoms with Gasteiger partial charge < -0.3 is 29.7 Å². The summed E-state index contributed by atoms with van der Waals surface area (Å²) in [5, 5.41) is 0. The molecule has 2 unspecified atom stereocenters. The van der Waals surface area contributed by atoms with E-state index in [9.17, 15) is 9.59 Å². The molecule has 43 heavy (non-hydrogen) atoms. The number of hydrogen-bond donors (Lipinski definition) is 1. The maximum atomic E-state index is 13.0. The number of methoxy groups -OCH3 is 1. The van der Waals surface area contributed by atoms with Crippen molar-refractivity contribution in [1.82, 2.24) is 14.7 Å². The molecule has 0 aromatic heterocycles. The minimum atomic E-state index is -0.401. The Hall–Kier alpha value is -3.96. The van der Waals surface area contributed by atoms with Gasteiger partial charge in [-0.05, 0) is 63.7 Å². The molecular formula is C32H42N6O5. The van der Waals surface area contributed by atoms with Crippen LogP contribution in [0.2, 0.25) is 0 Å². The number of amides is 1. The summed E-state index contributed by atoms with van der Waals surface area (Å²) in [5.74, 6) is 1.23. The SMILES string of the molecule is CCOC(=O)CN1CCN(C(N)=NC(=O)c2ccc(C3=NC4CCN(C)CC4c4cc(OCC)c(OC)cc43)cc2)CC1. The zero-order valence-electron chi connectivity index (χ0n) is 25.5. The van der Waals surface area contributed by atoms with Crippen molar-refractivity contribution < 1.29 is 23.8 Å². The first-order chi connectivity index (χ1) is 20.8. The van der Waals surface area contributed by atoms with Crippen LogP contribution >= 0.6 is 0 Å². The number of guanidine groups is 1. The molecule has 3 aliphatic heterocycles. The molecule has 0 bridgehead atoms. The second-order valence-corrected chi connectivity index (χ2v) is 11.1. The van der Waals surface area contributed by atoms with Crippen LogP contribution in [0.1, 0.15) is 53.2 Å². The molecule has 11 heteroatoms. The van der Waals surface area contributed by atoms with Gasteiger partial charge in [-0.1, -0.05) is 12.1 Å². The van der Waals surface area contributed by atoms with Crippen LogP contribution in [-0.2, 0) is 9.53 Å². The van der Waals surface area contributed by atoms with Gasteiger partial charge in [0.15, 0.2) is 17.5 Å². The molecule has 3 aliphatic rings. The summed E-state index contributed by atoms with van der Waals surface area (Å²) < 4.78 is 16.6. The number of hydrogen-bond acceptors (Lipinski definition) is 8. The van der Waals surface area contributed by atoms with Gasteiger partial charge >= 0.3 is 5.97 Å². The number of piperidine rings is 1. The second kappa shape index (κ2) is 13.6. The summed E-state index contributed by atoms with van der Waals surface area (Å²) in [5.41, 5.74) is 10.7. The average Bonchev–Trinajstić information content (AvgIpc) is 3.01. The number of piperazine rings is 1. The van der Waals surface area contributed by atoms with Crippen molar-refractivity contribution in [1.29, 1.82) is 0 Å². The number of fused-ring (bicyclic) bond motifs is 3. The van der Waals surface area contributed by atoms with Crippen molar-refractivity contribution in [3.8, 4) is 11.5 Å². The lowest BCUT2D eigenvalue weighted by Gasteiger charge is -2.39. The second-order valence-electron chi connectivity index (χ2n) is 11.1. The molecule has 3 heterocycles. The third kappa shape index (κ3) is 6.83. The van der Waals surface area contributed by atoms with Crippen molar-refractivity contribution >= 4 is 23.5 Å². The van der Waals surface area contributed by atoms with Crippen LogP contribution < -0.4 is 15.2 Å². The van der Waals surface area contributed by atoms with Crippen LogP contribution in [0, 0.1) is 0 Å². The molecule has 2 aromatic carbocycles. The molecule has 2 N–H and O–H groups in total. The first-order valence-electron chi connectivity index (χ1n) is 15.0. The fourth-order valence-electron chi connectivity index (χ4n) is 6.08. The van der Waals surface area contributed by atoms with Crippen LogP contribution in [0.15, 0.2) is 46.4 Å². The molecule has 0 saturated carbocycles. The maximum absolute atomic E-state index is 13.0. The zero-order chi connectivity index (χ0) is 30.5. The number of likely N-dealkylation sites (N-methyl/N-ethyl adjacent to an activating group) is 1. The van der Waals surface area contributed by atoms with Crippen molar-refractivity contribution in [3.63, 3.8) is 0 Å². The molecule has 2 saturated heterocycles. The summed E-state index contributed by atoms with van der Waals surface area (Å²) in [7, 11) is 3.80. The van der Waals surface area contributed by atoms with Gasteiger partial charge in [0.25, 0.3) is 5.91 Å². The number of benzene rings is 2. The Labute approximate surface area is 253 Å². The molecule has 11 nitrogen and oxygen atoms in total. The Balaban J connectivity index is 1.33. The van der Waals surface area contributed by atoms with E-state index >= 15 is 0 Å². The molecule has 2 atom stereocenters. The van der Waals surface area contributed by atoms with Gasteiger partial charge in [-0.25, -0.2) is 0 Å². The van der Waals surface area contributed by atoms with Crippen LogP contribution in [-0.4, -0.2) is 117 Å². The number of nitrogens with two attached hydrogens (primary N) is 1. The van der Waals surface area contributed by atoms with Crippen LogP contribution in [0.4, 0.5) is 0 Å². The number of aliphatic imine (C=N–C) groups is 2. The maximum Gasteiger partial charge on any atom is 0.320 e. The number of nitrogens with zero attached hydrogens (tertiary/aromatic N) is 5. The predicted octanol–water partition coefficient (Wildman–Crippen LogP) is 2.37. The zero-order valence-corrected chi connectivity index (χ0v) is 25.5. The van der Waals surface area contributed by atoms with E-state index < -0.39 is 5.91 Å². The normalized spacial score (nSPS) is 21.0. The van der Waals surface area contributed by atoms with Gasteiger partial charge in [0.1, 0.15) is 0 Å². The van der Waals surface area contributed by atoms with Crippen molar-refractivity contribution in [2.24, 2.45) is 15.7 Å². The smallest absolute Gasteiger partial charge is 0.320 e. The van der Waals surface area contributed by atoms with Gasteiger partial charge in [0, 0.05) is 55.3 Å². The largest absolute Gasteiger partial charge is 0.493 e. The minimum absolute atomic E-state index is 0.171. The topological polar surface area (TPSA) is 122 Å². The van der Waals surface area contributed by atoms with Gasteiger partial charge in [-0.2, -0.15) is 4.99 Å². The lowest BCUT2D eigenvalue weighted by atomic mass is 9.79. The molecular weight excluding hydrogens is 548 g/mol. The minimum Gasteiger partial charge on any atom is -0.493 e. The van der Waals surface area contributed by atoms with Crippen molar-refractivity contribution in [3.05, 3.63) is 58.7 Å². The van der Waals surface area contributed by atoms with Crippen LogP contribution in [0.5, 0.6) is 11.5 Å². The molecule has 0 aliphatic carbocycles. The highest BCUT2D eigenvalue weighted by Gasteiger charge is 2.36. The fourth-order valence-corrected chi connectivity index (χ4v) is 6.08. The van der Waals surface area contributed by atoms with E-state index in [-0.39, 0.29) is 30.4 Å². The van der Waals surface area contributed by atoms with Crippen LogP contribution in [0.3, 0.4) is 0 Å². The lowest BCUT2D eigenvalue weighted by molar-refractivity contribution is -0.144. The lowest BCUT2D eigenvalue weighted by Crippen LogP contribution is -2.52. The number of carbonyl (C=O) groups excluding carboxylic acids is 2. The number of likely N-dealkylation sites (tertiary alicyclic amines) is 1. The van der Waals surface area contributed by atoms with Gasteiger partial charge in [0.2, 0.25) is 0 Å². The molecule has 0 radical (unpaired) electrons. The van der Waals surface area contributed by atoms with E-state index in [0.29, 0.717) is 50.7 Å². The average molecular weight is 591 g/mol. The van der Waals surface area contributed by atoms with Crippen molar-refractivity contribution in [2.75, 3.05) is 73.2 Å². The van der Waals surface area contributed by atoms with E-state index in [4.69, 9.17) is 24.9 Å². The highest BCUT2D eigenvalue weighted by Crippen LogP contribution is 2.42. The summed E-state index contributed by atoms with van der Waals surface area (Å²) in [6.45, 7) is 9.28. The molecule has 2 fully saturated rings. The van der Waals surface area contributed by atoms with Crippen molar-refractivity contribution in [2.45, 2.75) is 32.2 Å². The number of ether oxygens (including phenoxy) is 3. The number of rotatable bonds is 8. The first kappa shape index (κ1) is 30.5. The van der Waals surface area contributed by atoms with Gasteiger partial charge in [0.05, 0.1) is 38.6 Å². The fraction of sp³-hybridized carbons (Fsp3) is 0.500. The Morgan fingerprint density at radius 1 is 1.02 bits per heavy atom. The summed E-state index contributed by atoms with van der Waals surface area (Å²) in [6, 6.07) is 11.7. The molecule has 230 valence electrons. The van der Waals surface area contributed by atoms with Crippen LogP contribution in [0.25, 0.3) is 0 Å². The van der Waals surface area contributed by atoms with E-state index in [0.717, 1.165) is 42.1 Å². The molecule has 0 spiro atoms. The summed E-state index contributed by atoms with van der Waals surface area (Å²) >= 11 is 0. The highest BCUT2D eigenvalue weighted by atomic mass is 16.5. The van der Waals surface area contributed by atoms with E-state index in [1.165, 1.54) is 5.56 Å². The standard InChI is InChI=1S/C32H42N6O5/c1-5-42-28-17-23-24(18-27(28)41-4)30(34-26-11-12-36(3)19-25(23)26)21-7-9-22(10-8-21)31(40)35-32(33)38-15-13-37(14-16-38)20-29(39)43-6-2/h7-10,17-18,25-26H,5-6,11-16,19-20H2,1-4H3,(H2,33,35,40). The van der Waals surface area contributed by atoms with Gasteiger partial charge in [-0.15, -0.1) is 0 Å². The molecule has 1 amide bonds. The molecule has 5 rings (SSSR count). The Bertz CT molecular complexity index is 1380. The number of esters is 1. The van der Waals surface area contributed by atoms with E-state index in [1.54, 1.807) is 26.2 Å². The summed E-state index contributed by atoms with van der Waals surface area (Å²) in [4.78, 5) is 40.4. The third-order valence-electron chi connectivity index (χ3n) is 8.34. The Morgan fingerprint density at radius 2 is 1.77 bits per heavy atom. The summed E-state index contributed by atoms with van der Waals surface area (Å²) in [6.07, 6.45) is 0.974. The number of carbonyl (C=O) groups is 2. The van der Waals surface area contributed by atoms with Gasteiger partial charge in [-0.3, -0.25) is 19.5 Å². The predicted molar refractivity (Wildman–Crippen MR) is 165 cm³/mol. The monoisotopic (exact) mass is 590 g/mol.